The Labute approximate surface area is 71.8 Å². The fraction of sp³-hybridized carbons (Fsp3) is 0.833. The molecule has 0 aliphatic carbocycles. The second-order valence-electron chi connectivity index (χ2n) is 2.39. The van der Waals surface area contributed by atoms with Crippen LogP contribution in [0.2, 0.25) is 0 Å². The van der Waals surface area contributed by atoms with Crippen LogP contribution in [0, 0.1) is 0 Å². The summed E-state index contributed by atoms with van der Waals surface area (Å²) >= 11 is 0. The first-order valence-electron chi connectivity index (χ1n) is 3.67. The molecule has 0 radical (unpaired) electrons. The van der Waals surface area contributed by atoms with Gasteiger partial charge in [0.2, 0.25) is 10.0 Å². The molecule has 0 aromatic rings. The van der Waals surface area contributed by atoms with Crippen LogP contribution in [0.1, 0.15) is 19.8 Å². The molecule has 0 saturated carbocycles. The molecular weight excluding hydrogens is 182 g/mol. The first-order valence-corrected chi connectivity index (χ1v) is 5.32. The maximum Gasteiger partial charge on any atom is 0.318 e. The van der Waals surface area contributed by atoms with Crippen molar-refractivity contribution in [1.82, 2.24) is 4.72 Å². The third-order valence-electron chi connectivity index (χ3n) is 1.21. The predicted octanol–water partition coefficient (Wildman–Crippen LogP) is -0.210. The molecule has 72 valence electrons. The van der Waals surface area contributed by atoms with Crippen molar-refractivity contribution in [2.75, 3.05) is 12.3 Å². The van der Waals surface area contributed by atoms with Gasteiger partial charge in [0.1, 0.15) is 6.54 Å². The summed E-state index contributed by atoms with van der Waals surface area (Å²) in [6, 6.07) is 0. The number of nitrogens with one attached hydrogen (secondary N) is 1. The molecule has 0 amide bonds. The number of hydrogen-bond acceptors (Lipinski definition) is 3. The Morgan fingerprint density at radius 3 is 2.50 bits per heavy atom. The molecule has 0 rings (SSSR count). The molecule has 0 fully saturated rings. The zero-order valence-electron chi connectivity index (χ0n) is 6.91. The number of rotatable bonds is 6. The standard InChI is InChI=1S/C6H13NO4S/c1-2-3-4-12(10,11)7-5-6(8)9/h7H,2-5H2,1H3,(H,8,9). The highest BCUT2D eigenvalue weighted by molar-refractivity contribution is 7.89. The lowest BCUT2D eigenvalue weighted by Crippen LogP contribution is -2.31. The molecule has 2 N–H and O–H groups in total. The van der Waals surface area contributed by atoms with E-state index in [0.29, 0.717) is 6.42 Å². The van der Waals surface area contributed by atoms with Crippen LogP contribution in [0.4, 0.5) is 0 Å². The molecule has 0 atom stereocenters. The monoisotopic (exact) mass is 195 g/mol. The molecule has 0 saturated heterocycles. The van der Waals surface area contributed by atoms with E-state index in [2.05, 4.69) is 0 Å². The Bertz CT molecular complexity index is 234. The average Bonchev–Trinajstić information content (AvgIpc) is 1.98. The van der Waals surface area contributed by atoms with Crippen molar-refractivity contribution in [1.29, 1.82) is 0 Å². The maximum atomic E-state index is 10.9. The number of carboxylic acid groups (broad SMARTS) is 1. The smallest absolute Gasteiger partial charge is 0.318 e. The zero-order valence-corrected chi connectivity index (χ0v) is 7.73. The third-order valence-corrected chi connectivity index (χ3v) is 2.62. The van der Waals surface area contributed by atoms with Gasteiger partial charge in [-0.1, -0.05) is 13.3 Å². The van der Waals surface area contributed by atoms with Gasteiger partial charge in [0.05, 0.1) is 5.75 Å². The highest BCUT2D eigenvalue weighted by Crippen LogP contribution is 1.92. The van der Waals surface area contributed by atoms with Gasteiger partial charge in [-0.05, 0) is 6.42 Å². The zero-order chi connectivity index (χ0) is 9.61. The highest BCUT2D eigenvalue weighted by Gasteiger charge is 2.09. The summed E-state index contributed by atoms with van der Waals surface area (Å²) in [6.45, 7) is 1.33. The largest absolute Gasteiger partial charge is 0.480 e. The summed E-state index contributed by atoms with van der Waals surface area (Å²) < 4.78 is 23.8. The topological polar surface area (TPSA) is 83.5 Å². The van der Waals surface area contributed by atoms with Crippen LogP contribution >= 0.6 is 0 Å². The van der Waals surface area contributed by atoms with E-state index in [1.54, 1.807) is 0 Å². The molecule has 0 aliphatic heterocycles. The van der Waals surface area contributed by atoms with Gasteiger partial charge in [-0.15, -0.1) is 0 Å². The number of carbonyl (C=O) groups is 1. The Kier molecular flexibility index (Phi) is 4.84. The van der Waals surface area contributed by atoms with Crippen LogP contribution in [0.15, 0.2) is 0 Å². The molecule has 0 aliphatic rings. The van der Waals surface area contributed by atoms with Gasteiger partial charge in [-0.3, -0.25) is 4.79 Å². The van der Waals surface area contributed by atoms with E-state index in [-0.39, 0.29) is 5.75 Å². The fourth-order valence-corrected chi connectivity index (χ4v) is 1.73. The van der Waals surface area contributed by atoms with Crippen molar-refractivity contribution in [3.05, 3.63) is 0 Å². The Hall–Kier alpha value is -0.620. The van der Waals surface area contributed by atoms with Gasteiger partial charge in [0, 0.05) is 0 Å². The van der Waals surface area contributed by atoms with Gasteiger partial charge >= 0.3 is 5.97 Å². The Balaban J connectivity index is 3.80. The summed E-state index contributed by atoms with van der Waals surface area (Å²) in [7, 11) is -3.37. The lowest BCUT2D eigenvalue weighted by molar-refractivity contribution is -0.135. The van der Waals surface area contributed by atoms with E-state index in [4.69, 9.17) is 5.11 Å². The van der Waals surface area contributed by atoms with Crippen molar-refractivity contribution in [2.45, 2.75) is 19.8 Å². The summed E-state index contributed by atoms with van der Waals surface area (Å²) in [5, 5.41) is 8.18. The summed E-state index contributed by atoms with van der Waals surface area (Å²) in [5.74, 6) is -1.17. The first-order chi connectivity index (χ1) is 5.48. The lowest BCUT2D eigenvalue weighted by Gasteiger charge is -2.02. The van der Waals surface area contributed by atoms with Gasteiger partial charge in [-0.2, -0.15) is 0 Å². The van der Waals surface area contributed by atoms with Crippen LogP contribution in [-0.4, -0.2) is 31.8 Å². The van der Waals surface area contributed by atoms with Crippen LogP contribution in [0.5, 0.6) is 0 Å². The summed E-state index contributed by atoms with van der Waals surface area (Å²) in [6.07, 6.45) is 1.32. The van der Waals surface area contributed by atoms with E-state index in [1.165, 1.54) is 0 Å². The summed E-state index contributed by atoms with van der Waals surface area (Å²) in [5.41, 5.74) is 0. The van der Waals surface area contributed by atoms with Gasteiger partial charge in [0.25, 0.3) is 0 Å². The molecule has 0 heterocycles. The summed E-state index contributed by atoms with van der Waals surface area (Å²) in [4.78, 5) is 9.99. The highest BCUT2D eigenvalue weighted by atomic mass is 32.2. The van der Waals surface area contributed by atoms with Crippen LogP contribution in [-0.2, 0) is 14.8 Å². The fourth-order valence-electron chi connectivity index (χ4n) is 0.578. The normalized spacial score (nSPS) is 11.4. The lowest BCUT2D eigenvalue weighted by atomic mass is 10.4. The van der Waals surface area contributed by atoms with E-state index in [1.807, 2.05) is 11.6 Å². The molecule has 6 heteroatoms. The maximum absolute atomic E-state index is 10.9. The van der Waals surface area contributed by atoms with Crippen LogP contribution in [0.25, 0.3) is 0 Å². The average molecular weight is 195 g/mol. The van der Waals surface area contributed by atoms with E-state index in [9.17, 15) is 13.2 Å². The van der Waals surface area contributed by atoms with Crippen molar-refractivity contribution in [2.24, 2.45) is 0 Å². The van der Waals surface area contributed by atoms with E-state index >= 15 is 0 Å². The Morgan fingerprint density at radius 2 is 2.08 bits per heavy atom. The van der Waals surface area contributed by atoms with Crippen molar-refractivity contribution >= 4 is 16.0 Å². The number of aliphatic carboxylic acids is 1. The molecule has 0 spiro atoms. The van der Waals surface area contributed by atoms with Crippen molar-refractivity contribution < 1.29 is 18.3 Å². The Morgan fingerprint density at radius 1 is 1.50 bits per heavy atom. The molecule has 0 aromatic carbocycles. The first kappa shape index (κ1) is 11.4. The molecule has 0 bridgehead atoms. The second kappa shape index (κ2) is 5.10. The van der Waals surface area contributed by atoms with Gasteiger partial charge < -0.3 is 5.11 Å². The SMILES string of the molecule is CCCCS(=O)(=O)NCC(=O)O. The van der Waals surface area contributed by atoms with E-state index in [0.717, 1.165) is 6.42 Å². The number of carboxylic acids is 1. The van der Waals surface area contributed by atoms with Gasteiger partial charge in [0.15, 0.2) is 0 Å². The third kappa shape index (κ3) is 6.11. The molecular formula is C6H13NO4S. The molecule has 0 aromatic heterocycles. The number of unbranched alkanes of at least 4 members (excludes halogenated alkanes) is 1. The van der Waals surface area contributed by atoms with Crippen molar-refractivity contribution in [3.8, 4) is 0 Å². The minimum absolute atomic E-state index is 0.00319. The minimum atomic E-state index is -3.37. The van der Waals surface area contributed by atoms with Gasteiger partial charge in [-0.25, -0.2) is 13.1 Å². The molecule has 0 unspecified atom stereocenters. The van der Waals surface area contributed by atoms with Crippen LogP contribution in [0.3, 0.4) is 0 Å². The van der Waals surface area contributed by atoms with E-state index < -0.39 is 22.5 Å². The molecule has 12 heavy (non-hydrogen) atoms. The van der Waals surface area contributed by atoms with Crippen molar-refractivity contribution in [3.63, 3.8) is 0 Å². The number of sulfonamides is 1. The van der Waals surface area contributed by atoms with Crippen LogP contribution < -0.4 is 4.72 Å². The second-order valence-corrected chi connectivity index (χ2v) is 4.31. The molecule has 5 nitrogen and oxygen atoms in total. The number of hydrogen-bond donors (Lipinski definition) is 2. The predicted molar refractivity (Wildman–Crippen MR) is 44.3 cm³/mol. The quantitative estimate of drug-likeness (QED) is 0.614. The minimum Gasteiger partial charge on any atom is -0.480 e.